The van der Waals surface area contributed by atoms with Crippen LogP contribution in [0.5, 0.6) is 0 Å². The summed E-state index contributed by atoms with van der Waals surface area (Å²) in [7, 11) is 0. The van der Waals surface area contributed by atoms with Crippen LogP contribution in [0.3, 0.4) is 0 Å². The molecule has 2 aliphatic rings. The first kappa shape index (κ1) is 16.0. The van der Waals surface area contributed by atoms with E-state index < -0.39 is 0 Å². The van der Waals surface area contributed by atoms with E-state index in [2.05, 4.69) is 72.8 Å². The molecule has 0 saturated heterocycles. The van der Waals surface area contributed by atoms with Gasteiger partial charge in [-0.15, -0.1) is 0 Å². The molecule has 0 spiro atoms. The molecule has 26 heavy (non-hydrogen) atoms. The highest BCUT2D eigenvalue weighted by Gasteiger charge is 2.10. The van der Waals surface area contributed by atoms with Crippen LogP contribution in [0.15, 0.2) is 72.8 Å². The molecule has 128 valence electrons. The summed E-state index contributed by atoms with van der Waals surface area (Å²) in [5.74, 6) is 2.13. The molecule has 2 aliphatic heterocycles. The molecule has 0 nitrogen and oxygen atoms in total. The van der Waals surface area contributed by atoms with E-state index in [1.165, 1.54) is 50.2 Å². The lowest BCUT2D eigenvalue weighted by molar-refractivity contribution is 0.829. The second-order valence-corrected chi connectivity index (χ2v) is 8.19. The first-order chi connectivity index (χ1) is 12.9. The molecule has 0 radical (unpaired) electrons. The van der Waals surface area contributed by atoms with Gasteiger partial charge < -0.3 is 0 Å². The van der Waals surface area contributed by atoms with Gasteiger partial charge in [0.1, 0.15) is 0 Å². The van der Waals surface area contributed by atoms with Gasteiger partial charge in [-0.05, 0) is 63.1 Å². The lowest BCUT2D eigenvalue weighted by Crippen LogP contribution is -1.97. The third-order valence-corrected chi connectivity index (χ3v) is 6.65. The van der Waals surface area contributed by atoms with Crippen LogP contribution in [-0.4, -0.2) is 0 Å². The van der Waals surface area contributed by atoms with Crippen molar-refractivity contribution in [2.24, 2.45) is 0 Å². The number of hydrogen-bond donors (Lipinski definition) is 0. The summed E-state index contributed by atoms with van der Waals surface area (Å²) in [6, 6.07) is 27.3. The highest BCUT2D eigenvalue weighted by atomic mass is 32.2. The van der Waals surface area contributed by atoms with E-state index >= 15 is 0 Å². The van der Waals surface area contributed by atoms with E-state index in [4.69, 9.17) is 0 Å². The molecule has 0 fully saturated rings. The Morgan fingerprint density at radius 2 is 0.846 bits per heavy atom. The number of rotatable bonds is 0. The average molecular weight is 355 g/mol. The van der Waals surface area contributed by atoms with Crippen molar-refractivity contribution in [2.45, 2.75) is 30.8 Å². The number of thioether (sulfide) groups is 1. The zero-order chi connectivity index (χ0) is 17.3. The summed E-state index contributed by atoms with van der Waals surface area (Å²) >= 11 is 2.03. The van der Waals surface area contributed by atoms with Gasteiger partial charge in [0, 0.05) is 11.5 Å². The van der Waals surface area contributed by atoms with Gasteiger partial charge in [0.05, 0.1) is 0 Å². The van der Waals surface area contributed by atoms with Gasteiger partial charge in [-0.2, -0.15) is 11.8 Å². The fourth-order valence-corrected chi connectivity index (χ4v) is 5.32. The standard InChI is InChI=1S/C25H22S/c1-3-10-24-20-14-12-18(22(24)8-1)6-5-7-19-13-15-21(17-26-16-20)25-11-4-2-9-23(19)25/h1-4,8-15H,5-7,16-17H2. The molecule has 1 heteroatoms. The van der Waals surface area contributed by atoms with Crippen LogP contribution >= 0.6 is 11.8 Å². The first-order valence-electron chi connectivity index (χ1n) is 9.47. The van der Waals surface area contributed by atoms with E-state index in [0.29, 0.717) is 0 Å². The maximum Gasteiger partial charge on any atom is 0.0194 e. The van der Waals surface area contributed by atoms with Gasteiger partial charge in [0.2, 0.25) is 0 Å². The fraction of sp³-hybridized carbons (Fsp3) is 0.200. The average Bonchev–Trinajstić information content (AvgIpc) is 2.70. The van der Waals surface area contributed by atoms with Crippen molar-refractivity contribution < 1.29 is 0 Å². The summed E-state index contributed by atoms with van der Waals surface area (Å²) in [4.78, 5) is 0. The summed E-state index contributed by atoms with van der Waals surface area (Å²) in [5, 5.41) is 5.77. The second-order valence-electron chi connectivity index (χ2n) is 7.21. The van der Waals surface area contributed by atoms with Gasteiger partial charge in [-0.25, -0.2) is 0 Å². The predicted octanol–water partition coefficient (Wildman–Crippen LogP) is 6.92. The van der Waals surface area contributed by atoms with Gasteiger partial charge in [0.25, 0.3) is 0 Å². The topological polar surface area (TPSA) is 0 Å². The quantitative estimate of drug-likeness (QED) is 0.330. The zero-order valence-electron chi connectivity index (χ0n) is 14.9. The van der Waals surface area contributed by atoms with Gasteiger partial charge >= 0.3 is 0 Å². The second kappa shape index (κ2) is 6.81. The van der Waals surface area contributed by atoms with Crippen molar-refractivity contribution in [1.82, 2.24) is 0 Å². The highest BCUT2D eigenvalue weighted by molar-refractivity contribution is 7.97. The number of benzene rings is 4. The molecule has 0 aromatic heterocycles. The Morgan fingerprint density at radius 3 is 1.31 bits per heavy atom. The molecule has 0 unspecified atom stereocenters. The van der Waals surface area contributed by atoms with Crippen molar-refractivity contribution in [3.05, 3.63) is 95.1 Å². The highest BCUT2D eigenvalue weighted by Crippen LogP contribution is 2.32. The van der Waals surface area contributed by atoms with Crippen molar-refractivity contribution in [3.63, 3.8) is 0 Å². The van der Waals surface area contributed by atoms with E-state index in [1.807, 2.05) is 11.8 Å². The number of aryl methyl sites for hydroxylation is 2. The van der Waals surface area contributed by atoms with Crippen LogP contribution in [0.2, 0.25) is 0 Å². The summed E-state index contributed by atoms with van der Waals surface area (Å²) in [6.07, 6.45) is 3.48. The molecular weight excluding hydrogens is 332 g/mol. The maximum atomic E-state index is 2.36. The SMILES string of the molecule is c1ccc2c3ccc(c2c1)CCCc1ccc(c2ccccc12)CSC3. The Labute approximate surface area is 159 Å². The van der Waals surface area contributed by atoms with Crippen LogP contribution in [-0.2, 0) is 24.3 Å². The Morgan fingerprint density at radius 1 is 0.462 bits per heavy atom. The summed E-state index contributed by atoms with van der Waals surface area (Å²) in [5.41, 5.74) is 5.92. The third-order valence-electron chi connectivity index (χ3n) is 5.62. The summed E-state index contributed by atoms with van der Waals surface area (Å²) in [6.45, 7) is 0. The van der Waals surface area contributed by atoms with Crippen molar-refractivity contribution in [2.75, 3.05) is 0 Å². The zero-order valence-corrected chi connectivity index (χ0v) is 15.7. The normalized spacial score (nSPS) is 14.8. The Balaban J connectivity index is 1.62. The van der Waals surface area contributed by atoms with Crippen LogP contribution in [0, 0.1) is 0 Å². The van der Waals surface area contributed by atoms with Crippen molar-refractivity contribution in [1.29, 1.82) is 0 Å². The maximum absolute atomic E-state index is 2.36. The minimum absolute atomic E-state index is 1.07. The smallest absolute Gasteiger partial charge is 0.0194 e. The van der Waals surface area contributed by atoms with Crippen LogP contribution in [0.1, 0.15) is 28.7 Å². The largest absolute Gasteiger partial charge is 0.152 e. The predicted molar refractivity (Wildman–Crippen MR) is 115 cm³/mol. The lowest BCUT2D eigenvalue weighted by Gasteiger charge is -2.15. The molecular formula is C25H22S. The summed E-state index contributed by atoms with van der Waals surface area (Å²) < 4.78 is 0. The molecule has 0 amide bonds. The first-order valence-corrected chi connectivity index (χ1v) is 10.6. The molecule has 4 aromatic carbocycles. The minimum atomic E-state index is 1.07. The number of hydrogen-bond acceptors (Lipinski definition) is 1. The van der Waals surface area contributed by atoms with Gasteiger partial charge in [-0.3, -0.25) is 0 Å². The fourth-order valence-electron chi connectivity index (χ4n) is 4.28. The third kappa shape index (κ3) is 2.81. The van der Waals surface area contributed by atoms with Crippen LogP contribution in [0.25, 0.3) is 21.5 Å². The molecule has 4 aromatic rings. The Hall–Kier alpha value is -2.25. The molecule has 4 bridgehead atoms. The molecule has 6 rings (SSSR count). The minimum Gasteiger partial charge on any atom is -0.152 e. The van der Waals surface area contributed by atoms with E-state index in [9.17, 15) is 0 Å². The number of fused-ring (bicyclic) bond motifs is 6. The lowest BCUT2D eigenvalue weighted by atomic mass is 9.94. The molecule has 0 atom stereocenters. The van der Waals surface area contributed by atoms with Gasteiger partial charge in [-0.1, -0.05) is 72.8 Å². The van der Waals surface area contributed by atoms with Crippen molar-refractivity contribution in [3.8, 4) is 0 Å². The van der Waals surface area contributed by atoms with Crippen LogP contribution < -0.4 is 0 Å². The van der Waals surface area contributed by atoms with E-state index in [-0.39, 0.29) is 0 Å². The molecule has 0 aliphatic carbocycles. The molecule has 2 heterocycles. The van der Waals surface area contributed by atoms with Crippen molar-refractivity contribution >= 4 is 33.3 Å². The molecule has 0 saturated carbocycles. The van der Waals surface area contributed by atoms with Crippen LogP contribution in [0.4, 0.5) is 0 Å². The molecule has 0 N–H and O–H groups in total. The Bertz CT molecular complexity index is 919. The van der Waals surface area contributed by atoms with E-state index in [0.717, 1.165) is 24.3 Å². The van der Waals surface area contributed by atoms with Gasteiger partial charge in [0.15, 0.2) is 0 Å². The van der Waals surface area contributed by atoms with E-state index in [1.54, 1.807) is 0 Å². The Kier molecular flexibility index (Phi) is 4.18. The monoisotopic (exact) mass is 354 g/mol.